The molecule has 1 amide bonds. The number of carbonyl (C=O) groups excluding carboxylic acids is 1. The molecule has 2 aromatic heterocycles. The number of anilines is 2. The molecule has 1 N–H and O–H groups in total. The SMILES string of the molecule is CC(C)c1cccc(NC(=O)Cn2c(=O)n(C)c(=O)c3sc(N4CCCC4)nc32)c1. The van der Waals surface area contributed by atoms with Gasteiger partial charge >= 0.3 is 5.69 Å². The van der Waals surface area contributed by atoms with Gasteiger partial charge in [0.2, 0.25) is 5.91 Å². The lowest BCUT2D eigenvalue weighted by atomic mass is 10.0. The van der Waals surface area contributed by atoms with E-state index in [4.69, 9.17) is 0 Å². The summed E-state index contributed by atoms with van der Waals surface area (Å²) in [4.78, 5) is 44.8. The van der Waals surface area contributed by atoms with Gasteiger partial charge in [0.1, 0.15) is 11.2 Å². The van der Waals surface area contributed by atoms with E-state index in [0.717, 1.165) is 41.2 Å². The summed E-state index contributed by atoms with van der Waals surface area (Å²) >= 11 is 1.28. The van der Waals surface area contributed by atoms with Crippen LogP contribution in [0, 0.1) is 0 Å². The quantitative estimate of drug-likeness (QED) is 0.676. The molecule has 158 valence electrons. The molecule has 30 heavy (non-hydrogen) atoms. The standard InChI is InChI=1S/C21H25N5O3S/c1-13(2)14-7-6-8-15(11-14)22-16(27)12-26-18-17(19(28)24(3)21(26)29)30-20(23-18)25-9-4-5-10-25/h6-8,11,13H,4-5,9-10,12H2,1-3H3,(H,22,27). The first kappa shape index (κ1) is 20.3. The van der Waals surface area contributed by atoms with Crippen LogP contribution in [0.25, 0.3) is 10.3 Å². The van der Waals surface area contributed by atoms with Crippen molar-refractivity contribution in [2.45, 2.75) is 39.2 Å². The van der Waals surface area contributed by atoms with Gasteiger partial charge in [0.25, 0.3) is 5.56 Å². The van der Waals surface area contributed by atoms with Crippen molar-refractivity contribution < 1.29 is 4.79 Å². The van der Waals surface area contributed by atoms with E-state index in [2.05, 4.69) is 29.0 Å². The molecule has 4 rings (SSSR count). The molecule has 9 heteroatoms. The lowest BCUT2D eigenvalue weighted by molar-refractivity contribution is -0.116. The molecule has 0 radical (unpaired) electrons. The molecule has 0 atom stereocenters. The number of nitrogens with one attached hydrogen (secondary N) is 1. The molecule has 1 fully saturated rings. The van der Waals surface area contributed by atoms with Gasteiger partial charge in [-0.25, -0.2) is 9.78 Å². The summed E-state index contributed by atoms with van der Waals surface area (Å²) in [5.41, 5.74) is 1.15. The molecule has 0 bridgehead atoms. The van der Waals surface area contributed by atoms with Gasteiger partial charge in [0.15, 0.2) is 10.8 Å². The third-order valence-electron chi connectivity index (χ3n) is 5.39. The van der Waals surface area contributed by atoms with Crippen molar-refractivity contribution in [1.82, 2.24) is 14.1 Å². The predicted molar refractivity (Wildman–Crippen MR) is 120 cm³/mol. The van der Waals surface area contributed by atoms with E-state index in [-0.39, 0.29) is 23.7 Å². The second-order valence-electron chi connectivity index (χ2n) is 7.90. The van der Waals surface area contributed by atoms with Crippen molar-refractivity contribution in [3.05, 3.63) is 50.7 Å². The summed E-state index contributed by atoms with van der Waals surface area (Å²) in [6.07, 6.45) is 2.16. The van der Waals surface area contributed by atoms with Crippen molar-refractivity contribution in [1.29, 1.82) is 0 Å². The highest BCUT2D eigenvalue weighted by atomic mass is 32.1. The fraction of sp³-hybridized carbons (Fsp3) is 0.429. The van der Waals surface area contributed by atoms with Crippen LogP contribution < -0.4 is 21.5 Å². The number of carbonyl (C=O) groups is 1. The van der Waals surface area contributed by atoms with Crippen LogP contribution in [0.15, 0.2) is 33.9 Å². The predicted octanol–water partition coefficient (Wildman–Crippen LogP) is 2.52. The van der Waals surface area contributed by atoms with Crippen LogP contribution in [0.3, 0.4) is 0 Å². The Morgan fingerprint density at radius 2 is 1.97 bits per heavy atom. The van der Waals surface area contributed by atoms with Crippen LogP contribution in [0.1, 0.15) is 38.2 Å². The molecule has 1 aromatic carbocycles. The van der Waals surface area contributed by atoms with Gasteiger partial charge in [-0.3, -0.25) is 18.7 Å². The minimum absolute atomic E-state index is 0.210. The van der Waals surface area contributed by atoms with E-state index in [1.165, 1.54) is 23.0 Å². The number of fused-ring (bicyclic) bond motifs is 1. The molecule has 0 aliphatic carbocycles. The van der Waals surface area contributed by atoms with Crippen LogP contribution in [0.2, 0.25) is 0 Å². The largest absolute Gasteiger partial charge is 0.348 e. The van der Waals surface area contributed by atoms with E-state index in [9.17, 15) is 14.4 Å². The smallest absolute Gasteiger partial charge is 0.332 e. The van der Waals surface area contributed by atoms with Crippen LogP contribution in [0.4, 0.5) is 10.8 Å². The number of rotatable bonds is 5. The summed E-state index contributed by atoms with van der Waals surface area (Å²) in [7, 11) is 1.43. The van der Waals surface area contributed by atoms with E-state index in [0.29, 0.717) is 16.3 Å². The molecule has 0 spiro atoms. The Kier molecular flexibility index (Phi) is 5.46. The number of benzene rings is 1. The third kappa shape index (κ3) is 3.77. The summed E-state index contributed by atoms with van der Waals surface area (Å²) in [5, 5.41) is 3.58. The molecule has 3 aromatic rings. The van der Waals surface area contributed by atoms with Crippen LogP contribution in [-0.4, -0.2) is 33.1 Å². The molecule has 3 heterocycles. The van der Waals surface area contributed by atoms with Crippen molar-refractivity contribution in [2.24, 2.45) is 7.05 Å². The average Bonchev–Trinajstić information content (AvgIpc) is 3.39. The van der Waals surface area contributed by atoms with Gasteiger partial charge in [-0.2, -0.15) is 0 Å². The summed E-state index contributed by atoms with van der Waals surface area (Å²) < 4.78 is 2.73. The number of hydrogen-bond acceptors (Lipinski definition) is 6. The van der Waals surface area contributed by atoms with Crippen molar-refractivity contribution in [3.8, 4) is 0 Å². The van der Waals surface area contributed by atoms with E-state index in [1.807, 2.05) is 24.3 Å². The summed E-state index contributed by atoms with van der Waals surface area (Å²) in [6.45, 7) is 5.73. The van der Waals surface area contributed by atoms with E-state index in [1.54, 1.807) is 0 Å². The highest BCUT2D eigenvalue weighted by Gasteiger charge is 2.22. The number of aromatic nitrogens is 3. The van der Waals surface area contributed by atoms with Gasteiger partial charge in [0, 0.05) is 25.8 Å². The van der Waals surface area contributed by atoms with Gasteiger partial charge < -0.3 is 10.2 Å². The molecule has 0 saturated carbocycles. The summed E-state index contributed by atoms with van der Waals surface area (Å²) in [6, 6.07) is 7.65. The van der Waals surface area contributed by atoms with Crippen LogP contribution in [0.5, 0.6) is 0 Å². The Balaban J connectivity index is 1.67. The minimum atomic E-state index is -0.545. The Bertz CT molecular complexity index is 1220. The maximum absolute atomic E-state index is 12.8. The fourth-order valence-corrected chi connectivity index (χ4v) is 4.74. The zero-order valence-electron chi connectivity index (χ0n) is 17.3. The summed E-state index contributed by atoms with van der Waals surface area (Å²) in [5.74, 6) is 0.000404. The fourth-order valence-electron chi connectivity index (χ4n) is 3.64. The number of amides is 1. The monoisotopic (exact) mass is 427 g/mol. The van der Waals surface area contributed by atoms with Crippen LogP contribution in [-0.2, 0) is 18.4 Å². The highest BCUT2D eigenvalue weighted by molar-refractivity contribution is 7.22. The average molecular weight is 428 g/mol. The molecular formula is C21H25N5O3S. The number of thiazole rings is 1. The normalized spacial score (nSPS) is 14.1. The van der Waals surface area contributed by atoms with Gasteiger partial charge in [-0.15, -0.1) is 0 Å². The topological polar surface area (TPSA) is 89.2 Å². The maximum atomic E-state index is 12.8. The zero-order valence-corrected chi connectivity index (χ0v) is 18.2. The Hall–Kier alpha value is -2.94. The van der Waals surface area contributed by atoms with Gasteiger partial charge in [-0.05, 0) is 36.5 Å². The lowest BCUT2D eigenvalue weighted by Crippen LogP contribution is -2.39. The zero-order chi connectivity index (χ0) is 21.4. The third-order valence-corrected chi connectivity index (χ3v) is 6.48. The van der Waals surface area contributed by atoms with Crippen molar-refractivity contribution in [3.63, 3.8) is 0 Å². The first-order valence-corrected chi connectivity index (χ1v) is 10.9. The van der Waals surface area contributed by atoms with Gasteiger partial charge in [0.05, 0.1) is 0 Å². The minimum Gasteiger partial charge on any atom is -0.348 e. The molecule has 8 nitrogen and oxygen atoms in total. The molecular weight excluding hydrogens is 402 g/mol. The van der Waals surface area contributed by atoms with Gasteiger partial charge in [-0.1, -0.05) is 37.3 Å². The molecule has 1 saturated heterocycles. The Labute approximate surface area is 177 Å². The first-order valence-electron chi connectivity index (χ1n) is 10.1. The second kappa shape index (κ2) is 8.06. The highest BCUT2D eigenvalue weighted by Crippen LogP contribution is 2.28. The second-order valence-corrected chi connectivity index (χ2v) is 8.88. The van der Waals surface area contributed by atoms with Crippen LogP contribution >= 0.6 is 11.3 Å². The first-order chi connectivity index (χ1) is 14.3. The molecule has 0 unspecified atom stereocenters. The number of nitrogens with zero attached hydrogens (tertiary/aromatic N) is 4. The Morgan fingerprint density at radius 3 is 2.67 bits per heavy atom. The van der Waals surface area contributed by atoms with Crippen molar-refractivity contribution in [2.75, 3.05) is 23.3 Å². The lowest BCUT2D eigenvalue weighted by Gasteiger charge is -2.12. The Morgan fingerprint density at radius 1 is 1.23 bits per heavy atom. The number of hydrogen-bond donors (Lipinski definition) is 1. The molecule has 1 aliphatic heterocycles. The van der Waals surface area contributed by atoms with E-state index < -0.39 is 5.69 Å². The molecule has 1 aliphatic rings. The maximum Gasteiger partial charge on any atom is 0.332 e. The van der Waals surface area contributed by atoms with E-state index >= 15 is 0 Å². The van der Waals surface area contributed by atoms with Crippen molar-refractivity contribution >= 4 is 38.4 Å².